The number of fused-ring (bicyclic) bond motifs is 1. The molecule has 0 amide bonds. The predicted molar refractivity (Wildman–Crippen MR) is 119 cm³/mol. The van der Waals surface area contributed by atoms with Crippen LogP contribution in [0, 0.1) is 6.92 Å². The van der Waals surface area contributed by atoms with Gasteiger partial charge in [-0.25, -0.2) is 13.2 Å². The third-order valence-electron chi connectivity index (χ3n) is 6.00. The zero-order valence-electron chi connectivity index (χ0n) is 18.1. The molecule has 0 atom stereocenters. The highest BCUT2D eigenvalue weighted by Gasteiger charge is 2.37. The van der Waals surface area contributed by atoms with Gasteiger partial charge in [-0.3, -0.25) is 4.90 Å². The highest BCUT2D eigenvalue weighted by molar-refractivity contribution is 7.91. The maximum absolute atomic E-state index is 13.3. The molecule has 9 heteroatoms. The van der Waals surface area contributed by atoms with E-state index in [-0.39, 0.29) is 9.77 Å². The molecule has 1 saturated heterocycles. The summed E-state index contributed by atoms with van der Waals surface area (Å²) in [6, 6.07) is 6.14. The summed E-state index contributed by atoms with van der Waals surface area (Å²) in [6.07, 6.45) is 2.33. The van der Waals surface area contributed by atoms with Gasteiger partial charge in [-0.05, 0) is 48.9 Å². The zero-order valence-corrected chi connectivity index (χ0v) is 19.8. The quantitative estimate of drug-likeness (QED) is 0.611. The van der Waals surface area contributed by atoms with Crippen molar-refractivity contribution in [1.29, 1.82) is 0 Å². The van der Waals surface area contributed by atoms with Gasteiger partial charge in [-0.15, -0.1) is 11.3 Å². The van der Waals surface area contributed by atoms with Crippen molar-refractivity contribution in [3.63, 3.8) is 0 Å². The maximum atomic E-state index is 13.3. The Balaban J connectivity index is 1.63. The zero-order chi connectivity index (χ0) is 22.2. The summed E-state index contributed by atoms with van der Waals surface area (Å²) < 4.78 is 38.5. The topological polar surface area (TPSA) is 76.2 Å². The molecule has 7 nitrogen and oxygen atoms in total. The molecule has 1 fully saturated rings. The van der Waals surface area contributed by atoms with Crippen molar-refractivity contribution in [3.05, 3.63) is 45.3 Å². The molecule has 3 heterocycles. The number of ether oxygens (including phenoxy) is 2. The molecule has 0 N–H and O–H groups in total. The smallest absolute Gasteiger partial charge is 0.340 e. The van der Waals surface area contributed by atoms with Crippen molar-refractivity contribution in [3.8, 4) is 5.75 Å². The van der Waals surface area contributed by atoms with Crippen molar-refractivity contribution >= 4 is 27.3 Å². The number of carbonyl (C=O) groups excluding carboxylic acids is 1. The van der Waals surface area contributed by atoms with Gasteiger partial charge < -0.3 is 9.47 Å². The van der Waals surface area contributed by atoms with E-state index in [1.54, 1.807) is 7.11 Å². The minimum absolute atomic E-state index is 0.147. The van der Waals surface area contributed by atoms with Crippen LogP contribution in [-0.2, 0) is 34.3 Å². The Kier molecular flexibility index (Phi) is 6.39. The van der Waals surface area contributed by atoms with Crippen LogP contribution < -0.4 is 4.74 Å². The lowest BCUT2D eigenvalue weighted by molar-refractivity contribution is 0.0595. The first kappa shape index (κ1) is 22.3. The Bertz CT molecular complexity index is 1090. The summed E-state index contributed by atoms with van der Waals surface area (Å²) in [6.45, 7) is 5.16. The average Bonchev–Trinajstić information content (AvgIpc) is 3.42. The first-order chi connectivity index (χ1) is 14.8. The van der Waals surface area contributed by atoms with Crippen LogP contribution in [0.25, 0.3) is 0 Å². The Labute approximate surface area is 187 Å². The van der Waals surface area contributed by atoms with Gasteiger partial charge in [0.15, 0.2) is 0 Å². The molecular formula is C22H28N2O5S2. The number of thiophene rings is 1. The fourth-order valence-electron chi connectivity index (χ4n) is 4.40. The number of esters is 1. The monoisotopic (exact) mass is 464 g/mol. The molecule has 0 aliphatic carbocycles. The Hall–Kier alpha value is -1.94. The lowest BCUT2D eigenvalue weighted by Crippen LogP contribution is -2.30. The van der Waals surface area contributed by atoms with Crippen LogP contribution in [0.2, 0.25) is 0 Å². The minimum atomic E-state index is -3.69. The Morgan fingerprint density at radius 2 is 1.90 bits per heavy atom. The third kappa shape index (κ3) is 4.24. The van der Waals surface area contributed by atoms with Crippen LogP contribution in [0.5, 0.6) is 5.75 Å². The largest absolute Gasteiger partial charge is 0.496 e. The Morgan fingerprint density at radius 1 is 1.16 bits per heavy atom. The van der Waals surface area contributed by atoms with Gasteiger partial charge in [0.05, 0.1) is 19.8 Å². The van der Waals surface area contributed by atoms with Crippen LogP contribution in [-0.4, -0.2) is 57.4 Å². The fraction of sp³-hybridized carbons (Fsp3) is 0.500. The molecule has 1 aromatic heterocycles. The summed E-state index contributed by atoms with van der Waals surface area (Å²) in [5, 5.41) is 0. The third-order valence-corrected chi connectivity index (χ3v) is 9.61. The van der Waals surface area contributed by atoms with Gasteiger partial charge in [0, 0.05) is 37.6 Å². The number of carbonyl (C=O) groups is 1. The lowest BCUT2D eigenvalue weighted by atomic mass is 10.0. The van der Waals surface area contributed by atoms with E-state index in [0.717, 1.165) is 47.7 Å². The van der Waals surface area contributed by atoms with E-state index < -0.39 is 16.0 Å². The van der Waals surface area contributed by atoms with Gasteiger partial charge in [0.25, 0.3) is 10.0 Å². The number of hydrogen-bond donors (Lipinski definition) is 0. The molecule has 2 aromatic rings. The Morgan fingerprint density at radius 3 is 2.55 bits per heavy atom. The molecule has 2 aliphatic rings. The summed E-state index contributed by atoms with van der Waals surface area (Å²) in [4.78, 5) is 15.8. The number of sulfonamides is 1. The van der Waals surface area contributed by atoms with Crippen molar-refractivity contribution in [2.75, 3.05) is 33.9 Å². The van der Waals surface area contributed by atoms with E-state index in [0.29, 0.717) is 26.1 Å². The second-order valence-electron chi connectivity index (χ2n) is 8.03. The van der Waals surface area contributed by atoms with Crippen molar-refractivity contribution in [2.24, 2.45) is 0 Å². The fourth-order valence-corrected chi connectivity index (χ4v) is 7.98. The second kappa shape index (κ2) is 8.90. The second-order valence-corrected chi connectivity index (χ2v) is 11.3. The predicted octanol–water partition coefficient (Wildman–Crippen LogP) is 3.19. The molecule has 2 aliphatic heterocycles. The van der Waals surface area contributed by atoms with Crippen LogP contribution in [0.1, 0.15) is 44.8 Å². The highest BCUT2D eigenvalue weighted by Crippen LogP contribution is 2.39. The number of rotatable bonds is 6. The van der Waals surface area contributed by atoms with Gasteiger partial charge in [-0.2, -0.15) is 4.31 Å². The number of aryl methyl sites for hydroxylation is 1. The highest BCUT2D eigenvalue weighted by atomic mass is 32.2. The normalized spacial score (nSPS) is 17.5. The molecule has 0 spiro atoms. The van der Waals surface area contributed by atoms with Crippen molar-refractivity contribution in [2.45, 2.75) is 43.5 Å². The summed E-state index contributed by atoms with van der Waals surface area (Å²) in [5.41, 5.74) is 3.34. The van der Waals surface area contributed by atoms with Gasteiger partial charge in [0.2, 0.25) is 0 Å². The molecule has 0 saturated carbocycles. The summed E-state index contributed by atoms with van der Waals surface area (Å²) in [7, 11) is -0.720. The van der Waals surface area contributed by atoms with Gasteiger partial charge >= 0.3 is 5.97 Å². The molecule has 1 aromatic carbocycles. The van der Waals surface area contributed by atoms with Crippen LogP contribution >= 0.6 is 11.3 Å². The van der Waals surface area contributed by atoms with Crippen LogP contribution in [0.3, 0.4) is 0 Å². The van der Waals surface area contributed by atoms with E-state index in [9.17, 15) is 13.2 Å². The van der Waals surface area contributed by atoms with Gasteiger partial charge in [-0.1, -0.05) is 12.1 Å². The molecule has 4 rings (SSSR count). The van der Waals surface area contributed by atoms with E-state index in [2.05, 4.69) is 17.0 Å². The van der Waals surface area contributed by atoms with Crippen molar-refractivity contribution in [1.82, 2.24) is 9.21 Å². The van der Waals surface area contributed by atoms with E-state index >= 15 is 0 Å². The van der Waals surface area contributed by atoms with Crippen LogP contribution in [0.4, 0.5) is 0 Å². The van der Waals surface area contributed by atoms with E-state index in [4.69, 9.17) is 9.47 Å². The number of nitrogens with zero attached hydrogens (tertiary/aromatic N) is 2. The molecule has 31 heavy (non-hydrogen) atoms. The molecule has 0 unspecified atom stereocenters. The molecule has 0 bridgehead atoms. The lowest BCUT2D eigenvalue weighted by Gasteiger charge is -2.27. The number of hydrogen-bond acceptors (Lipinski definition) is 7. The first-order valence-corrected chi connectivity index (χ1v) is 12.7. The van der Waals surface area contributed by atoms with Crippen molar-refractivity contribution < 1.29 is 22.7 Å². The average molecular weight is 465 g/mol. The number of benzene rings is 1. The van der Waals surface area contributed by atoms with Gasteiger partial charge in [0.1, 0.15) is 9.96 Å². The molecule has 168 valence electrons. The first-order valence-electron chi connectivity index (χ1n) is 10.4. The standard InChI is InChI=1S/C22H28N2O5S2/c1-15-12-16(6-7-18(15)28-2)13-23-11-8-17-19(14-23)30-22(20(17)21(25)29-3)31(26,27)24-9-4-5-10-24/h6-7,12H,4-5,8-11,13-14H2,1-3H3. The molecular weight excluding hydrogens is 436 g/mol. The summed E-state index contributed by atoms with van der Waals surface area (Å²) in [5.74, 6) is 0.303. The minimum Gasteiger partial charge on any atom is -0.496 e. The van der Waals surface area contributed by atoms with E-state index in [1.165, 1.54) is 28.3 Å². The van der Waals surface area contributed by atoms with E-state index in [1.807, 2.05) is 13.0 Å². The SMILES string of the molecule is COC(=O)c1c(S(=O)(=O)N2CCCC2)sc2c1CCN(Cc1ccc(OC)c(C)c1)C2. The number of methoxy groups -OCH3 is 2. The summed E-state index contributed by atoms with van der Waals surface area (Å²) >= 11 is 1.23. The van der Waals surface area contributed by atoms with Crippen LogP contribution in [0.15, 0.2) is 22.4 Å². The maximum Gasteiger partial charge on any atom is 0.340 e. The molecule has 0 radical (unpaired) electrons.